The molecule has 0 aromatic rings. The fourth-order valence-corrected chi connectivity index (χ4v) is 2.71. The van der Waals surface area contributed by atoms with Crippen molar-refractivity contribution in [1.82, 2.24) is 15.5 Å². The van der Waals surface area contributed by atoms with E-state index in [-0.39, 0.29) is 4.75 Å². The van der Waals surface area contributed by atoms with E-state index in [2.05, 4.69) is 42.6 Å². The number of hydrogen-bond donors (Lipinski definition) is 2. The summed E-state index contributed by atoms with van der Waals surface area (Å²) in [5.74, 6) is 0.934. The molecule has 22 heavy (non-hydrogen) atoms. The van der Waals surface area contributed by atoms with Crippen LogP contribution in [0, 0.1) is 0 Å². The van der Waals surface area contributed by atoms with Crippen molar-refractivity contribution in [3.8, 4) is 0 Å². The van der Waals surface area contributed by atoms with Crippen LogP contribution in [-0.4, -0.2) is 74.3 Å². The molecular formula is C16H34N4OS. The highest BCUT2D eigenvalue weighted by molar-refractivity contribution is 7.99. The zero-order valence-electron chi connectivity index (χ0n) is 14.9. The van der Waals surface area contributed by atoms with E-state index in [4.69, 9.17) is 9.73 Å². The Hall–Kier alpha value is -0.460. The summed E-state index contributed by atoms with van der Waals surface area (Å²) in [6, 6.07) is 0.590. The lowest BCUT2D eigenvalue weighted by Gasteiger charge is -2.25. The smallest absolute Gasteiger partial charge is 0.191 e. The summed E-state index contributed by atoms with van der Waals surface area (Å²) < 4.78 is 5.38. The highest BCUT2D eigenvalue weighted by Crippen LogP contribution is 2.21. The van der Waals surface area contributed by atoms with Gasteiger partial charge in [0, 0.05) is 37.5 Å². The number of likely N-dealkylation sites (tertiary alicyclic amines) is 1. The lowest BCUT2D eigenvalue weighted by molar-refractivity contribution is 0.141. The Morgan fingerprint density at radius 3 is 2.82 bits per heavy atom. The second-order valence-corrected chi connectivity index (χ2v) is 7.88. The first kappa shape index (κ1) is 19.6. The summed E-state index contributed by atoms with van der Waals surface area (Å²) >= 11 is 1.86. The number of guanidine groups is 1. The SMILES string of the molecule is CCNC(=NCC(C)(C)SC)NCC1CCCN1CCOC. The molecule has 130 valence electrons. The Morgan fingerprint density at radius 1 is 1.41 bits per heavy atom. The molecule has 6 heteroatoms. The van der Waals surface area contributed by atoms with Gasteiger partial charge in [-0.2, -0.15) is 11.8 Å². The van der Waals surface area contributed by atoms with E-state index in [1.807, 2.05) is 11.8 Å². The minimum Gasteiger partial charge on any atom is -0.383 e. The fourth-order valence-electron chi connectivity index (χ4n) is 2.52. The third-order valence-corrected chi connectivity index (χ3v) is 5.34. The number of rotatable bonds is 9. The number of nitrogens with zero attached hydrogens (tertiary/aromatic N) is 2. The average Bonchev–Trinajstić information content (AvgIpc) is 2.95. The molecule has 0 amide bonds. The van der Waals surface area contributed by atoms with Crippen LogP contribution in [0.4, 0.5) is 0 Å². The predicted octanol–water partition coefficient (Wildman–Crippen LogP) is 1.79. The Morgan fingerprint density at radius 2 is 2.18 bits per heavy atom. The van der Waals surface area contributed by atoms with Crippen molar-refractivity contribution >= 4 is 17.7 Å². The van der Waals surface area contributed by atoms with Crippen LogP contribution < -0.4 is 10.6 Å². The van der Waals surface area contributed by atoms with Crippen molar-refractivity contribution in [1.29, 1.82) is 0 Å². The van der Waals surface area contributed by atoms with Gasteiger partial charge in [0.05, 0.1) is 13.2 Å². The Kier molecular flexibility index (Phi) is 9.21. The van der Waals surface area contributed by atoms with Gasteiger partial charge in [-0.1, -0.05) is 0 Å². The third kappa shape index (κ3) is 7.20. The van der Waals surface area contributed by atoms with Gasteiger partial charge >= 0.3 is 0 Å². The zero-order valence-corrected chi connectivity index (χ0v) is 15.8. The molecule has 2 N–H and O–H groups in total. The minimum atomic E-state index is 0.181. The number of ether oxygens (including phenoxy) is 1. The monoisotopic (exact) mass is 330 g/mol. The number of nitrogens with one attached hydrogen (secondary N) is 2. The maximum Gasteiger partial charge on any atom is 0.191 e. The van der Waals surface area contributed by atoms with E-state index in [9.17, 15) is 0 Å². The van der Waals surface area contributed by atoms with E-state index >= 15 is 0 Å². The van der Waals surface area contributed by atoms with Crippen LogP contribution in [0.15, 0.2) is 4.99 Å². The molecule has 0 bridgehead atoms. The fraction of sp³-hybridized carbons (Fsp3) is 0.938. The topological polar surface area (TPSA) is 48.9 Å². The van der Waals surface area contributed by atoms with Crippen LogP contribution in [0.5, 0.6) is 0 Å². The van der Waals surface area contributed by atoms with Gasteiger partial charge in [-0.25, -0.2) is 0 Å². The molecule has 5 nitrogen and oxygen atoms in total. The first-order valence-corrected chi connectivity index (χ1v) is 9.55. The quantitative estimate of drug-likeness (QED) is 0.499. The van der Waals surface area contributed by atoms with Crippen molar-refractivity contribution in [2.45, 2.75) is 44.4 Å². The van der Waals surface area contributed by atoms with Gasteiger partial charge in [-0.05, 0) is 46.4 Å². The van der Waals surface area contributed by atoms with Gasteiger partial charge in [-0.3, -0.25) is 9.89 Å². The van der Waals surface area contributed by atoms with E-state index in [1.54, 1.807) is 7.11 Å². The van der Waals surface area contributed by atoms with Gasteiger partial charge in [0.25, 0.3) is 0 Å². The molecule has 1 fully saturated rings. The Bertz CT molecular complexity index is 336. The van der Waals surface area contributed by atoms with E-state index in [0.29, 0.717) is 6.04 Å². The summed E-state index contributed by atoms with van der Waals surface area (Å²) in [5.41, 5.74) is 0. The highest BCUT2D eigenvalue weighted by atomic mass is 32.2. The molecule has 0 radical (unpaired) electrons. The number of methoxy groups -OCH3 is 1. The van der Waals surface area contributed by atoms with Crippen LogP contribution in [-0.2, 0) is 4.74 Å². The summed E-state index contributed by atoms with van der Waals surface area (Å²) in [5, 5.41) is 6.86. The van der Waals surface area contributed by atoms with E-state index in [0.717, 1.165) is 38.7 Å². The van der Waals surface area contributed by atoms with Gasteiger partial charge in [-0.15, -0.1) is 0 Å². The summed E-state index contributed by atoms with van der Waals surface area (Å²) in [6.07, 6.45) is 4.68. The van der Waals surface area contributed by atoms with Crippen LogP contribution in [0.3, 0.4) is 0 Å². The van der Waals surface area contributed by atoms with Crippen LogP contribution in [0.2, 0.25) is 0 Å². The predicted molar refractivity (Wildman–Crippen MR) is 98.0 cm³/mol. The molecule has 1 aliphatic rings. The number of thioether (sulfide) groups is 1. The standard InChI is InChI=1S/C16H34N4OS/c1-6-17-15(19-13-16(2,3)22-5)18-12-14-8-7-9-20(14)10-11-21-4/h14H,6-13H2,1-5H3,(H2,17,18,19). The third-order valence-electron chi connectivity index (χ3n) is 4.10. The van der Waals surface area contributed by atoms with Crippen LogP contribution in [0.25, 0.3) is 0 Å². The van der Waals surface area contributed by atoms with Crippen molar-refractivity contribution in [2.75, 3.05) is 52.7 Å². The minimum absolute atomic E-state index is 0.181. The maximum atomic E-state index is 5.20. The van der Waals surface area contributed by atoms with Crippen LogP contribution >= 0.6 is 11.8 Å². The molecule has 1 unspecified atom stereocenters. The summed E-state index contributed by atoms with van der Waals surface area (Å²) in [6.45, 7) is 12.3. The molecule has 0 aromatic heterocycles. The molecule has 1 saturated heterocycles. The normalized spacial score (nSPS) is 20.4. The molecule has 1 aliphatic heterocycles. The first-order valence-electron chi connectivity index (χ1n) is 8.32. The van der Waals surface area contributed by atoms with E-state index in [1.165, 1.54) is 19.4 Å². The lowest BCUT2D eigenvalue weighted by Crippen LogP contribution is -2.46. The summed E-state index contributed by atoms with van der Waals surface area (Å²) in [7, 11) is 1.77. The van der Waals surface area contributed by atoms with Gasteiger partial charge < -0.3 is 15.4 Å². The van der Waals surface area contributed by atoms with Crippen molar-refractivity contribution in [2.24, 2.45) is 4.99 Å². The van der Waals surface area contributed by atoms with Crippen molar-refractivity contribution in [3.05, 3.63) is 0 Å². The van der Waals surface area contributed by atoms with Crippen LogP contribution in [0.1, 0.15) is 33.6 Å². The molecule has 0 spiro atoms. The molecule has 0 aromatic carbocycles. The largest absolute Gasteiger partial charge is 0.383 e. The molecule has 1 rings (SSSR count). The average molecular weight is 331 g/mol. The van der Waals surface area contributed by atoms with Crippen molar-refractivity contribution < 1.29 is 4.74 Å². The van der Waals surface area contributed by atoms with Crippen molar-refractivity contribution in [3.63, 3.8) is 0 Å². The molecule has 1 heterocycles. The maximum absolute atomic E-state index is 5.20. The molecule has 0 aliphatic carbocycles. The van der Waals surface area contributed by atoms with E-state index < -0.39 is 0 Å². The second-order valence-electron chi connectivity index (χ2n) is 6.36. The van der Waals surface area contributed by atoms with Gasteiger partial charge in [0.2, 0.25) is 0 Å². The summed E-state index contributed by atoms with van der Waals surface area (Å²) in [4.78, 5) is 7.25. The zero-order chi connectivity index (χ0) is 16.4. The number of hydrogen-bond acceptors (Lipinski definition) is 4. The number of aliphatic imine (C=N–C) groups is 1. The molecule has 1 atom stereocenters. The molecule has 0 saturated carbocycles. The lowest BCUT2D eigenvalue weighted by atomic mass is 10.2. The van der Waals surface area contributed by atoms with Gasteiger partial charge in [0.15, 0.2) is 5.96 Å². The Balaban J connectivity index is 2.47. The molecular weight excluding hydrogens is 296 g/mol. The first-order chi connectivity index (χ1) is 10.5. The Labute approximate surface area is 140 Å². The van der Waals surface area contributed by atoms with Gasteiger partial charge in [0.1, 0.15) is 0 Å². The highest BCUT2D eigenvalue weighted by Gasteiger charge is 2.24. The second kappa shape index (κ2) is 10.3.